The van der Waals surface area contributed by atoms with Gasteiger partial charge in [-0.1, -0.05) is 48.6 Å². The van der Waals surface area contributed by atoms with E-state index in [0.29, 0.717) is 30.2 Å². The van der Waals surface area contributed by atoms with Crippen LogP contribution in [0.4, 0.5) is 5.69 Å². The number of fused-ring (bicyclic) bond motifs is 1. The number of aromatic nitrogens is 1. The Hall–Kier alpha value is -3.64. The SMILES string of the molecule is CCN(Cc1ccccc1)S(=O)(=O)c1ccc(C(=O)N=c2sc3cc(NC(C)=O)ccc3n2CCOC)cc1. The molecule has 204 valence electrons. The first kappa shape index (κ1) is 28.4. The lowest BCUT2D eigenvalue weighted by atomic mass is 10.2. The van der Waals surface area contributed by atoms with Crippen molar-refractivity contribution in [2.24, 2.45) is 4.99 Å². The summed E-state index contributed by atoms with van der Waals surface area (Å²) in [6, 6.07) is 20.7. The average molecular weight is 567 g/mol. The van der Waals surface area contributed by atoms with E-state index < -0.39 is 15.9 Å². The number of anilines is 1. The Morgan fingerprint density at radius 2 is 1.77 bits per heavy atom. The van der Waals surface area contributed by atoms with E-state index >= 15 is 0 Å². The van der Waals surface area contributed by atoms with Gasteiger partial charge in [-0.2, -0.15) is 9.30 Å². The molecule has 0 aliphatic heterocycles. The van der Waals surface area contributed by atoms with E-state index in [1.54, 1.807) is 20.1 Å². The zero-order chi connectivity index (χ0) is 28.0. The second-order valence-corrected chi connectivity index (χ2v) is 11.7. The van der Waals surface area contributed by atoms with Crippen LogP contribution in [0.2, 0.25) is 0 Å². The number of carbonyl (C=O) groups is 2. The molecule has 1 N–H and O–H groups in total. The molecule has 0 radical (unpaired) electrons. The van der Waals surface area contributed by atoms with Crippen molar-refractivity contribution in [3.63, 3.8) is 0 Å². The Kier molecular flexibility index (Phi) is 9.08. The summed E-state index contributed by atoms with van der Waals surface area (Å²) >= 11 is 1.32. The Morgan fingerprint density at radius 1 is 1.05 bits per heavy atom. The van der Waals surface area contributed by atoms with Gasteiger partial charge in [-0.05, 0) is 48.0 Å². The van der Waals surface area contributed by atoms with E-state index in [9.17, 15) is 18.0 Å². The number of rotatable bonds is 10. The van der Waals surface area contributed by atoms with Crippen molar-refractivity contribution in [3.05, 3.63) is 88.7 Å². The van der Waals surface area contributed by atoms with Crippen molar-refractivity contribution in [2.75, 3.05) is 25.6 Å². The molecule has 0 aliphatic carbocycles. The Balaban J connectivity index is 1.62. The van der Waals surface area contributed by atoms with Crippen molar-refractivity contribution in [1.82, 2.24) is 8.87 Å². The lowest BCUT2D eigenvalue weighted by molar-refractivity contribution is -0.114. The van der Waals surface area contributed by atoms with Crippen LogP contribution < -0.4 is 10.1 Å². The molecular formula is C28H30N4O5S2. The minimum absolute atomic E-state index is 0.111. The third-order valence-electron chi connectivity index (χ3n) is 6.01. The number of nitrogens with one attached hydrogen (secondary N) is 1. The number of amides is 2. The maximum absolute atomic E-state index is 13.3. The highest BCUT2D eigenvalue weighted by Gasteiger charge is 2.23. The Morgan fingerprint density at radius 3 is 2.41 bits per heavy atom. The van der Waals surface area contributed by atoms with Crippen molar-refractivity contribution in [1.29, 1.82) is 0 Å². The van der Waals surface area contributed by atoms with Crippen LogP contribution in [-0.4, -0.2) is 49.4 Å². The fourth-order valence-corrected chi connectivity index (χ4v) is 6.59. The number of thiazole rings is 1. The normalized spacial score (nSPS) is 12.3. The van der Waals surface area contributed by atoms with Crippen LogP contribution in [0.5, 0.6) is 0 Å². The summed E-state index contributed by atoms with van der Waals surface area (Å²) < 4.78 is 35.9. The van der Waals surface area contributed by atoms with E-state index in [1.165, 1.54) is 46.8 Å². The Bertz CT molecular complexity index is 1640. The molecule has 0 saturated carbocycles. The van der Waals surface area contributed by atoms with Gasteiger partial charge in [0.1, 0.15) is 0 Å². The van der Waals surface area contributed by atoms with Crippen LogP contribution >= 0.6 is 11.3 Å². The van der Waals surface area contributed by atoms with Gasteiger partial charge in [-0.3, -0.25) is 9.59 Å². The van der Waals surface area contributed by atoms with Gasteiger partial charge in [0.2, 0.25) is 15.9 Å². The zero-order valence-electron chi connectivity index (χ0n) is 22.0. The summed E-state index contributed by atoms with van der Waals surface area (Å²) in [5.41, 5.74) is 2.67. The second-order valence-electron chi connectivity index (χ2n) is 8.75. The number of benzene rings is 3. The number of hydrogen-bond donors (Lipinski definition) is 1. The standard InChI is InChI=1S/C28H30N4O5S2/c1-4-31(19-21-8-6-5-7-9-21)39(35,36)24-13-10-22(11-14-24)27(34)30-28-32(16-17-37-3)25-15-12-23(29-20(2)33)18-26(25)38-28/h5-15,18H,4,16-17,19H2,1-3H3,(H,29,33). The van der Waals surface area contributed by atoms with E-state index in [2.05, 4.69) is 10.3 Å². The molecule has 1 aromatic heterocycles. The third-order valence-corrected chi connectivity index (χ3v) is 8.99. The van der Waals surface area contributed by atoms with Gasteiger partial charge in [0.15, 0.2) is 4.80 Å². The maximum atomic E-state index is 13.3. The number of carbonyl (C=O) groups excluding carboxylic acids is 2. The first-order chi connectivity index (χ1) is 18.7. The van der Waals surface area contributed by atoms with Crippen LogP contribution in [-0.2, 0) is 32.6 Å². The van der Waals surface area contributed by atoms with Crippen molar-refractivity contribution in [2.45, 2.75) is 31.8 Å². The molecular weight excluding hydrogens is 536 g/mol. The largest absolute Gasteiger partial charge is 0.383 e. The molecule has 0 spiro atoms. The van der Waals surface area contributed by atoms with E-state index in [0.717, 1.165) is 15.8 Å². The van der Waals surface area contributed by atoms with Gasteiger partial charge in [0.25, 0.3) is 5.91 Å². The van der Waals surface area contributed by atoms with Crippen LogP contribution in [0.15, 0.2) is 82.7 Å². The molecule has 39 heavy (non-hydrogen) atoms. The monoisotopic (exact) mass is 566 g/mol. The molecule has 4 aromatic rings. The molecule has 0 atom stereocenters. The summed E-state index contributed by atoms with van der Waals surface area (Å²) in [5, 5.41) is 2.76. The molecule has 0 fully saturated rings. The summed E-state index contributed by atoms with van der Waals surface area (Å²) in [6.45, 7) is 4.70. The molecule has 11 heteroatoms. The van der Waals surface area contributed by atoms with Crippen LogP contribution in [0.25, 0.3) is 10.2 Å². The molecule has 3 aromatic carbocycles. The highest BCUT2D eigenvalue weighted by Crippen LogP contribution is 2.23. The summed E-state index contributed by atoms with van der Waals surface area (Å²) in [7, 11) is -2.15. The smallest absolute Gasteiger partial charge is 0.279 e. The molecule has 0 unspecified atom stereocenters. The molecule has 4 rings (SSSR count). The minimum Gasteiger partial charge on any atom is -0.383 e. The number of hydrogen-bond acceptors (Lipinski definition) is 6. The van der Waals surface area contributed by atoms with Gasteiger partial charge in [-0.15, -0.1) is 0 Å². The van der Waals surface area contributed by atoms with Gasteiger partial charge in [0.05, 0.1) is 21.7 Å². The first-order valence-corrected chi connectivity index (χ1v) is 14.6. The lowest BCUT2D eigenvalue weighted by Gasteiger charge is -2.20. The number of methoxy groups -OCH3 is 1. The first-order valence-electron chi connectivity index (χ1n) is 12.4. The average Bonchev–Trinajstić information content (AvgIpc) is 3.26. The van der Waals surface area contributed by atoms with E-state index in [4.69, 9.17) is 4.74 Å². The van der Waals surface area contributed by atoms with Crippen LogP contribution in [0.3, 0.4) is 0 Å². The van der Waals surface area contributed by atoms with Crippen molar-refractivity contribution in [3.8, 4) is 0 Å². The van der Waals surface area contributed by atoms with Crippen LogP contribution in [0, 0.1) is 0 Å². The molecule has 2 amide bonds. The highest BCUT2D eigenvalue weighted by molar-refractivity contribution is 7.89. The van der Waals surface area contributed by atoms with Crippen LogP contribution in [0.1, 0.15) is 29.8 Å². The fourth-order valence-electron chi connectivity index (χ4n) is 4.06. The number of nitrogens with zero attached hydrogens (tertiary/aromatic N) is 3. The molecule has 0 saturated heterocycles. The lowest BCUT2D eigenvalue weighted by Crippen LogP contribution is -2.30. The van der Waals surface area contributed by atoms with Gasteiger partial charge < -0.3 is 14.6 Å². The molecule has 9 nitrogen and oxygen atoms in total. The summed E-state index contributed by atoms with van der Waals surface area (Å²) in [6.07, 6.45) is 0. The van der Waals surface area contributed by atoms with Crippen molar-refractivity contribution < 1.29 is 22.7 Å². The fraction of sp³-hybridized carbons (Fsp3) is 0.250. The van der Waals surface area contributed by atoms with Gasteiger partial charge in [-0.25, -0.2) is 8.42 Å². The minimum atomic E-state index is -3.75. The second kappa shape index (κ2) is 12.5. The summed E-state index contributed by atoms with van der Waals surface area (Å²) in [5.74, 6) is -0.666. The number of ether oxygens (including phenoxy) is 1. The predicted molar refractivity (Wildman–Crippen MR) is 152 cm³/mol. The van der Waals surface area contributed by atoms with E-state index in [1.807, 2.05) is 47.0 Å². The van der Waals surface area contributed by atoms with Crippen molar-refractivity contribution >= 4 is 49.1 Å². The zero-order valence-corrected chi connectivity index (χ0v) is 23.6. The van der Waals surface area contributed by atoms with Gasteiger partial charge in [0, 0.05) is 44.9 Å². The third kappa shape index (κ3) is 6.69. The molecule has 0 aliphatic rings. The van der Waals surface area contributed by atoms with Gasteiger partial charge >= 0.3 is 0 Å². The predicted octanol–water partition coefficient (Wildman–Crippen LogP) is 4.26. The maximum Gasteiger partial charge on any atom is 0.279 e. The quantitative estimate of drug-likeness (QED) is 0.309. The molecule has 1 heterocycles. The topological polar surface area (TPSA) is 110 Å². The summed E-state index contributed by atoms with van der Waals surface area (Å²) in [4.78, 5) is 29.5. The number of sulfonamides is 1. The Labute approximate surface area is 231 Å². The van der Waals surface area contributed by atoms with E-state index in [-0.39, 0.29) is 22.9 Å². The molecule has 0 bridgehead atoms. The highest BCUT2D eigenvalue weighted by atomic mass is 32.2.